The summed E-state index contributed by atoms with van der Waals surface area (Å²) in [6.45, 7) is 0.0736. The molecule has 1 amide bonds. The van der Waals surface area contributed by atoms with E-state index in [-0.39, 0.29) is 37.3 Å². The first kappa shape index (κ1) is 25.1. The average molecular weight is 476 g/mol. The van der Waals surface area contributed by atoms with Crippen LogP contribution >= 0.6 is 0 Å². The topological polar surface area (TPSA) is 125 Å². The number of nitro groups is 1. The molecule has 9 nitrogen and oxygen atoms in total. The predicted molar refractivity (Wildman–Crippen MR) is 126 cm³/mol. The number of ether oxygens (including phenoxy) is 2. The lowest BCUT2D eigenvalue weighted by Crippen LogP contribution is -2.42. The quantitative estimate of drug-likeness (QED) is 0.252. The molecule has 3 rings (SSSR count). The summed E-state index contributed by atoms with van der Waals surface area (Å²) >= 11 is 0. The molecule has 0 saturated carbocycles. The highest BCUT2D eigenvalue weighted by Gasteiger charge is 2.25. The predicted octanol–water partition coefficient (Wildman–Crippen LogP) is 3.96. The molecule has 35 heavy (non-hydrogen) atoms. The molecule has 0 bridgehead atoms. The van der Waals surface area contributed by atoms with Crippen LogP contribution in [0, 0.1) is 10.1 Å². The number of carbonyl (C=O) groups is 3. The van der Waals surface area contributed by atoms with Crippen LogP contribution in [0.25, 0.3) is 0 Å². The second kappa shape index (κ2) is 12.6. The summed E-state index contributed by atoms with van der Waals surface area (Å²) in [7, 11) is 0. The van der Waals surface area contributed by atoms with Crippen molar-refractivity contribution in [1.82, 2.24) is 5.32 Å². The number of esters is 2. The van der Waals surface area contributed by atoms with Crippen molar-refractivity contribution in [3.05, 3.63) is 112 Å². The van der Waals surface area contributed by atoms with Crippen molar-refractivity contribution in [3.8, 4) is 0 Å². The molecule has 0 aliphatic carbocycles. The number of rotatable bonds is 11. The summed E-state index contributed by atoms with van der Waals surface area (Å²) in [6.07, 6.45) is -0.213. The van der Waals surface area contributed by atoms with Gasteiger partial charge in [-0.05, 0) is 23.6 Å². The average Bonchev–Trinajstić information content (AvgIpc) is 2.89. The molecular formula is C26H24N2O7. The van der Waals surface area contributed by atoms with E-state index in [2.05, 4.69) is 5.32 Å². The Labute approximate surface area is 201 Å². The van der Waals surface area contributed by atoms with Crippen molar-refractivity contribution in [2.24, 2.45) is 0 Å². The number of carbonyl (C=O) groups excluding carboxylic acids is 3. The molecule has 0 heterocycles. The fourth-order valence-electron chi connectivity index (χ4n) is 3.15. The van der Waals surface area contributed by atoms with Gasteiger partial charge in [0.25, 0.3) is 11.6 Å². The van der Waals surface area contributed by atoms with Crippen LogP contribution in [0.3, 0.4) is 0 Å². The van der Waals surface area contributed by atoms with E-state index in [1.807, 2.05) is 36.4 Å². The fourth-order valence-corrected chi connectivity index (χ4v) is 3.15. The molecule has 0 aromatic heterocycles. The van der Waals surface area contributed by atoms with E-state index in [1.54, 1.807) is 24.3 Å². The molecule has 0 aliphatic rings. The SMILES string of the molecule is O=C(CCC(NC(=O)c1cccc([N+](=O)[O-])c1)C(=O)OCc1ccccc1)OCc1ccccc1. The highest BCUT2D eigenvalue weighted by molar-refractivity contribution is 5.97. The molecular weight excluding hydrogens is 452 g/mol. The summed E-state index contributed by atoms with van der Waals surface area (Å²) in [5, 5.41) is 13.5. The maximum absolute atomic E-state index is 12.8. The van der Waals surface area contributed by atoms with Crippen molar-refractivity contribution in [2.75, 3.05) is 0 Å². The number of hydrogen-bond donors (Lipinski definition) is 1. The Kier molecular flexibility index (Phi) is 9.07. The van der Waals surface area contributed by atoms with Gasteiger partial charge in [0.15, 0.2) is 0 Å². The van der Waals surface area contributed by atoms with Gasteiger partial charge < -0.3 is 14.8 Å². The molecule has 3 aromatic carbocycles. The van der Waals surface area contributed by atoms with Crippen LogP contribution in [0.5, 0.6) is 0 Å². The van der Waals surface area contributed by atoms with Gasteiger partial charge in [0.2, 0.25) is 0 Å². The van der Waals surface area contributed by atoms with E-state index >= 15 is 0 Å². The molecule has 0 radical (unpaired) electrons. The lowest BCUT2D eigenvalue weighted by molar-refractivity contribution is -0.384. The fraction of sp³-hybridized carbons (Fsp3) is 0.192. The third kappa shape index (κ3) is 8.08. The number of benzene rings is 3. The van der Waals surface area contributed by atoms with Crippen molar-refractivity contribution in [2.45, 2.75) is 32.1 Å². The first-order valence-corrected chi connectivity index (χ1v) is 10.9. The molecule has 0 spiro atoms. The molecule has 0 saturated heterocycles. The largest absolute Gasteiger partial charge is 0.461 e. The van der Waals surface area contributed by atoms with E-state index in [0.29, 0.717) is 0 Å². The molecule has 3 aromatic rings. The molecule has 180 valence electrons. The second-order valence-corrected chi connectivity index (χ2v) is 7.61. The van der Waals surface area contributed by atoms with Crippen LogP contribution in [-0.2, 0) is 32.3 Å². The van der Waals surface area contributed by atoms with Crippen LogP contribution in [0.4, 0.5) is 5.69 Å². The zero-order valence-corrected chi connectivity index (χ0v) is 18.8. The summed E-state index contributed by atoms with van der Waals surface area (Å²) in [5.74, 6) is -1.98. The molecule has 0 fully saturated rings. The molecule has 1 atom stereocenters. The zero-order chi connectivity index (χ0) is 25.0. The number of amides is 1. The lowest BCUT2D eigenvalue weighted by Gasteiger charge is -2.18. The normalized spacial score (nSPS) is 11.2. The number of nitrogens with zero attached hydrogens (tertiary/aromatic N) is 1. The van der Waals surface area contributed by atoms with Gasteiger partial charge in [-0.2, -0.15) is 0 Å². The minimum absolute atomic E-state index is 0.00622. The van der Waals surface area contributed by atoms with Crippen molar-refractivity contribution >= 4 is 23.5 Å². The van der Waals surface area contributed by atoms with Crippen LogP contribution in [0.2, 0.25) is 0 Å². The number of nitrogens with one attached hydrogen (secondary N) is 1. The summed E-state index contributed by atoms with van der Waals surface area (Å²) in [6, 6.07) is 22.1. The van der Waals surface area contributed by atoms with E-state index in [1.165, 1.54) is 18.2 Å². The Morgan fingerprint density at radius 2 is 1.43 bits per heavy atom. The van der Waals surface area contributed by atoms with Crippen LogP contribution in [0.15, 0.2) is 84.9 Å². The van der Waals surface area contributed by atoms with E-state index in [9.17, 15) is 24.5 Å². The number of hydrogen-bond acceptors (Lipinski definition) is 7. The molecule has 1 N–H and O–H groups in total. The molecule has 0 aliphatic heterocycles. The Bertz CT molecular complexity index is 1170. The Balaban J connectivity index is 1.64. The maximum Gasteiger partial charge on any atom is 0.328 e. The van der Waals surface area contributed by atoms with Gasteiger partial charge >= 0.3 is 11.9 Å². The lowest BCUT2D eigenvalue weighted by atomic mass is 10.1. The number of nitro benzene ring substituents is 1. The summed E-state index contributed by atoms with van der Waals surface area (Å²) in [4.78, 5) is 48.1. The van der Waals surface area contributed by atoms with E-state index < -0.39 is 28.8 Å². The molecule has 9 heteroatoms. The Morgan fingerprint density at radius 3 is 2.03 bits per heavy atom. The Hall–Kier alpha value is -4.53. The first-order valence-electron chi connectivity index (χ1n) is 10.9. The number of non-ortho nitro benzene ring substituents is 1. The standard InChI is InChI=1S/C26H24N2O7/c29-24(34-17-19-8-3-1-4-9-19)15-14-23(26(31)35-18-20-10-5-2-6-11-20)27-25(30)21-12-7-13-22(16-21)28(32)33/h1-13,16,23H,14-15,17-18H2,(H,27,30). The zero-order valence-electron chi connectivity index (χ0n) is 18.8. The maximum atomic E-state index is 12.8. The van der Waals surface area contributed by atoms with E-state index in [0.717, 1.165) is 17.2 Å². The highest BCUT2D eigenvalue weighted by Crippen LogP contribution is 2.14. The molecule has 1 unspecified atom stereocenters. The van der Waals surface area contributed by atoms with Gasteiger partial charge in [0.1, 0.15) is 19.3 Å². The smallest absolute Gasteiger partial charge is 0.328 e. The van der Waals surface area contributed by atoms with Crippen molar-refractivity contribution in [1.29, 1.82) is 0 Å². The first-order chi connectivity index (χ1) is 16.9. The van der Waals surface area contributed by atoms with Gasteiger partial charge in [-0.3, -0.25) is 19.7 Å². The minimum atomic E-state index is -1.16. The van der Waals surface area contributed by atoms with Gasteiger partial charge in [-0.1, -0.05) is 66.7 Å². The van der Waals surface area contributed by atoms with Crippen LogP contribution in [-0.4, -0.2) is 28.8 Å². The Morgan fingerprint density at radius 1 is 0.829 bits per heavy atom. The summed E-state index contributed by atoms with van der Waals surface area (Å²) < 4.78 is 10.6. The monoisotopic (exact) mass is 476 g/mol. The third-order valence-electron chi connectivity index (χ3n) is 5.01. The third-order valence-corrected chi connectivity index (χ3v) is 5.01. The van der Waals surface area contributed by atoms with Gasteiger partial charge in [0, 0.05) is 24.1 Å². The van der Waals surface area contributed by atoms with Crippen molar-refractivity contribution < 1.29 is 28.8 Å². The van der Waals surface area contributed by atoms with Crippen LogP contribution in [0.1, 0.15) is 34.3 Å². The second-order valence-electron chi connectivity index (χ2n) is 7.61. The van der Waals surface area contributed by atoms with Gasteiger partial charge in [-0.25, -0.2) is 4.79 Å². The highest BCUT2D eigenvalue weighted by atomic mass is 16.6. The minimum Gasteiger partial charge on any atom is -0.461 e. The van der Waals surface area contributed by atoms with Gasteiger partial charge in [0.05, 0.1) is 4.92 Å². The van der Waals surface area contributed by atoms with Gasteiger partial charge in [-0.15, -0.1) is 0 Å². The van der Waals surface area contributed by atoms with Crippen LogP contribution < -0.4 is 5.32 Å². The summed E-state index contributed by atoms with van der Waals surface area (Å²) in [5.41, 5.74) is 1.32. The van der Waals surface area contributed by atoms with Crippen molar-refractivity contribution in [3.63, 3.8) is 0 Å². The van der Waals surface area contributed by atoms with E-state index in [4.69, 9.17) is 9.47 Å².